The Labute approximate surface area is 211 Å². The molecule has 0 radical (unpaired) electrons. The van der Waals surface area contributed by atoms with Crippen LogP contribution in [-0.2, 0) is 4.57 Å². The molecule has 1 saturated heterocycles. The molecule has 1 aliphatic rings. The maximum atomic E-state index is 14.5. The summed E-state index contributed by atoms with van der Waals surface area (Å²) in [6.45, 7) is 2.61. The summed E-state index contributed by atoms with van der Waals surface area (Å²) in [6, 6.07) is 27.1. The van der Waals surface area contributed by atoms with Crippen LogP contribution in [0, 0.1) is 0 Å². The van der Waals surface area contributed by atoms with Crippen LogP contribution in [0.1, 0.15) is 11.1 Å². The van der Waals surface area contributed by atoms with Gasteiger partial charge in [0.2, 0.25) is 0 Å². The number of piperazine rings is 1. The first-order valence-corrected chi connectivity index (χ1v) is 13.7. The number of halogens is 2. The molecule has 0 spiro atoms. The van der Waals surface area contributed by atoms with Gasteiger partial charge in [-0.2, -0.15) is 0 Å². The summed E-state index contributed by atoms with van der Waals surface area (Å²) < 4.78 is 22.0. The van der Waals surface area contributed by atoms with E-state index in [0.29, 0.717) is 36.2 Å². The molecule has 1 atom stereocenters. The fourth-order valence-electron chi connectivity index (χ4n) is 4.01. The number of nitrogens with zero attached hydrogens (tertiary/aromatic N) is 2. The van der Waals surface area contributed by atoms with Crippen molar-refractivity contribution in [3.8, 4) is 5.75 Å². The third-order valence-electron chi connectivity index (χ3n) is 5.82. The highest BCUT2D eigenvalue weighted by Gasteiger charge is 2.31. The Morgan fingerprint density at radius 1 is 0.765 bits per heavy atom. The standard InChI is InChI=1S/C27H27Cl2N2O2P/c1-33-27-15-9-8-14-26(27)30-16-18-31(19-17-30)34(32,20-24(28)22-10-4-2-5-11-22)21-25(29)23-12-6-3-7-13-23/h2-15,20-21H,16-19H2,1H3/b24-20-,25-21+. The maximum Gasteiger partial charge on any atom is 0.196 e. The molecule has 3 aromatic rings. The third-order valence-corrected chi connectivity index (χ3v) is 9.32. The van der Waals surface area contributed by atoms with Crippen molar-refractivity contribution in [2.24, 2.45) is 0 Å². The van der Waals surface area contributed by atoms with E-state index in [9.17, 15) is 4.57 Å². The summed E-state index contributed by atoms with van der Waals surface area (Å²) in [5.74, 6) is 4.18. The minimum atomic E-state index is -3.19. The fraction of sp³-hybridized carbons (Fsp3) is 0.185. The quantitative estimate of drug-likeness (QED) is 0.305. The van der Waals surface area contributed by atoms with Crippen LogP contribution >= 0.6 is 30.5 Å². The molecule has 3 aromatic carbocycles. The Hall–Kier alpha value is -2.49. The number of para-hydroxylation sites is 2. The minimum Gasteiger partial charge on any atom is -0.495 e. The largest absolute Gasteiger partial charge is 0.495 e. The molecule has 4 nitrogen and oxygen atoms in total. The van der Waals surface area contributed by atoms with E-state index in [0.717, 1.165) is 22.6 Å². The van der Waals surface area contributed by atoms with Crippen molar-refractivity contribution in [2.45, 2.75) is 0 Å². The van der Waals surface area contributed by atoms with Crippen LogP contribution in [0.25, 0.3) is 10.1 Å². The van der Waals surface area contributed by atoms with Gasteiger partial charge in [0, 0.05) is 37.8 Å². The summed E-state index contributed by atoms with van der Waals surface area (Å²) in [5.41, 5.74) is 2.68. The van der Waals surface area contributed by atoms with Crippen molar-refractivity contribution in [2.75, 3.05) is 38.2 Å². The van der Waals surface area contributed by atoms with Gasteiger partial charge < -0.3 is 9.64 Å². The lowest BCUT2D eigenvalue weighted by Crippen LogP contribution is -2.44. The van der Waals surface area contributed by atoms with Crippen LogP contribution in [0.2, 0.25) is 0 Å². The van der Waals surface area contributed by atoms with Gasteiger partial charge in [-0.3, -0.25) is 4.57 Å². The third kappa shape index (κ3) is 5.76. The topological polar surface area (TPSA) is 32.8 Å². The predicted molar refractivity (Wildman–Crippen MR) is 145 cm³/mol. The highest BCUT2D eigenvalue weighted by molar-refractivity contribution is 7.68. The van der Waals surface area contributed by atoms with E-state index in [2.05, 4.69) is 4.90 Å². The lowest BCUT2D eigenvalue weighted by Gasteiger charge is -2.38. The van der Waals surface area contributed by atoms with Crippen LogP contribution in [0.5, 0.6) is 5.75 Å². The predicted octanol–water partition coefficient (Wildman–Crippen LogP) is 7.57. The van der Waals surface area contributed by atoms with Crippen molar-refractivity contribution < 1.29 is 9.30 Å². The van der Waals surface area contributed by atoms with Gasteiger partial charge in [0.25, 0.3) is 0 Å². The first kappa shape index (κ1) is 24.6. The van der Waals surface area contributed by atoms with Crippen molar-refractivity contribution >= 4 is 46.2 Å². The Kier molecular flexibility index (Phi) is 8.18. The molecule has 0 amide bonds. The summed E-state index contributed by atoms with van der Waals surface area (Å²) in [4.78, 5) is 2.25. The van der Waals surface area contributed by atoms with E-state index in [1.165, 1.54) is 0 Å². The second kappa shape index (κ2) is 11.3. The molecular weight excluding hydrogens is 486 g/mol. The first-order chi connectivity index (χ1) is 16.5. The van der Waals surface area contributed by atoms with Gasteiger partial charge in [-0.05, 0) is 23.3 Å². The number of hydrogen-bond donors (Lipinski definition) is 0. The SMILES string of the molecule is COc1ccccc1N1CCN(P(=O)(/C=C(\Cl)c2ccccc2)/C=C(/Cl)c2ccccc2)CC1. The molecular formula is C27H27Cl2N2O2P. The van der Waals surface area contributed by atoms with Crippen LogP contribution in [0.15, 0.2) is 96.6 Å². The Balaban J connectivity index is 1.64. The van der Waals surface area contributed by atoms with Crippen LogP contribution < -0.4 is 9.64 Å². The normalized spacial score (nSPS) is 17.3. The van der Waals surface area contributed by atoms with E-state index >= 15 is 0 Å². The summed E-state index contributed by atoms with van der Waals surface area (Å²) in [6.07, 6.45) is 0. The molecule has 0 aromatic heterocycles. The number of rotatable bonds is 7. The Bertz CT molecular complexity index is 1150. The summed E-state index contributed by atoms with van der Waals surface area (Å²) >= 11 is 13.3. The van der Waals surface area contributed by atoms with E-state index in [4.69, 9.17) is 27.9 Å². The molecule has 4 rings (SSSR count). The van der Waals surface area contributed by atoms with Crippen LogP contribution in [-0.4, -0.2) is 38.0 Å². The van der Waals surface area contributed by atoms with E-state index in [1.54, 1.807) is 18.7 Å². The molecule has 176 valence electrons. The van der Waals surface area contributed by atoms with Crippen LogP contribution in [0.3, 0.4) is 0 Å². The second-order valence-corrected chi connectivity index (χ2v) is 11.2. The zero-order chi connectivity index (χ0) is 24.0. The molecule has 1 heterocycles. The van der Waals surface area contributed by atoms with E-state index < -0.39 is 7.29 Å². The van der Waals surface area contributed by atoms with Gasteiger partial charge in [-0.15, -0.1) is 0 Å². The van der Waals surface area contributed by atoms with Crippen molar-refractivity contribution in [1.82, 2.24) is 4.67 Å². The number of hydrogen-bond acceptors (Lipinski definition) is 3. The van der Waals surface area contributed by atoms with Gasteiger partial charge in [-0.1, -0.05) is 96.0 Å². The van der Waals surface area contributed by atoms with E-state index in [-0.39, 0.29) is 0 Å². The second-order valence-electron chi connectivity index (χ2n) is 7.97. The van der Waals surface area contributed by atoms with Crippen molar-refractivity contribution in [3.05, 3.63) is 108 Å². The summed E-state index contributed by atoms with van der Waals surface area (Å²) in [7, 11) is -1.51. The average molecular weight is 513 g/mol. The highest BCUT2D eigenvalue weighted by Crippen LogP contribution is 2.57. The van der Waals surface area contributed by atoms with Gasteiger partial charge in [0.05, 0.1) is 22.9 Å². The lowest BCUT2D eigenvalue weighted by molar-refractivity contribution is 0.384. The Morgan fingerprint density at radius 2 is 1.24 bits per heavy atom. The molecule has 0 bridgehead atoms. The van der Waals surface area contributed by atoms with E-state index in [1.807, 2.05) is 89.6 Å². The zero-order valence-corrected chi connectivity index (χ0v) is 21.4. The molecule has 0 N–H and O–H groups in total. The smallest absolute Gasteiger partial charge is 0.196 e. The first-order valence-electron chi connectivity index (χ1n) is 11.1. The van der Waals surface area contributed by atoms with Crippen LogP contribution in [0.4, 0.5) is 5.69 Å². The molecule has 7 heteroatoms. The highest BCUT2D eigenvalue weighted by atomic mass is 35.5. The molecule has 1 aliphatic heterocycles. The number of anilines is 1. The monoisotopic (exact) mass is 512 g/mol. The lowest BCUT2D eigenvalue weighted by atomic mass is 10.2. The van der Waals surface area contributed by atoms with Gasteiger partial charge >= 0.3 is 0 Å². The number of ether oxygens (including phenoxy) is 1. The maximum absolute atomic E-state index is 14.5. The van der Waals surface area contributed by atoms with Crippen molar-refractivity contribution in [1.29, 1.82) is 0 Å². The van der Waals surface area contributed by atoms with Gasteiger partial charge in [0.1, 0.15) is 5.75 Å². The number of methoxy groups -OCH3 is 1. The minimum absolute atomic E-state index is 0.449. The zero-order valence-electron chi connectivity index (χ0n) is 19.0. The molecule has 0 aliphatic carbocycles. The Morgan fingerprint density at radius 3 is 1.74 bits per heavy atom. The molecule has 1 unspecified atom stereocenters. The summed E-state index contributed by atoms with van der Waals surface area (Å²) in [5, 5.41) is 0.898. The van der Waals surface area contributed by atoms with Crippen molar-refractivity contribution in [3.63, 3.8) is 0 Å². The molecule has 34 heavy (non-hydrogen) atoms. The van der Waals surface area contributed by atoms with Gasteiger partial charge in [-0.25, -0.2) is 4.67 Å². The molecule has 0 saturated carbocycles. The molecule has 1 fully saturated rings. The van der Waals surface area contributed by atoms with Gasteiger partial charge in [0.15, 0.2) is 7.29 Å². The number of benzene rings is 3. The fourth-order valence-corrected chi connectivity index (χ4v) is 7.25. The average Bonchev–Trinajstić information content (AvgIpc) is 2.89.